The second-order valence-corrected chi connectivity index (χ2v) is 12.7. The SMILES string of the molecule is CCC1CC(NS(=O)(=O)c2ccc(NC(=O)c3ccccc3C)c3ccccc23)CCN1C(=O)OC(C)(C)C. The van der Waals surface area contributed by atoms with Crippen LogP contribution in [-0.2, 0) is 14.8 Å². The lowest BCUT2D eigenvalue weighted by atomic mass is 9.96. The first-order valence-electron chi connectivity index (χ1n) is 13.3. The van der Waals surface area contributed by atoms with Crippen LogP contribution in [0.25, 0.3) is 10.8 Å². The average Bonchev–Trinajstić information content (AvgIpc) is 2.87. The topological polar surface area (TPSA) is 105 Å². The third-order valence-electron chi connectivity index (χ3n) is 6.95. The van der Waals surface area contributed by atoms with Crippen LogP contribution >= 0.6 is 0 Å². The van der Waals surface area contributed by atoms with E-state index < -0.39 is 15.6 Å². The van der Waals surface area contributed by atoms with Gasteiger partial charge in [-0.15, -0.1) is 0 Å². The highest BCUT2D eigenvalue weighted by atomic mass is 32.2. The van der Waals surface area contributed by atoms with Crippen LogP contribution < -0.4 is 10.0 Å². The second kappa shape index (κ2) is 11.4. The minimum absolute atomic E-state index is 0.128. The van der Waals surface area contributed by atoms with Gasteiger partial charge in [0, 0.05) is 40.7 Å². The standard InChI is InChI=1S/C30H37N3O5S/c1-6-22-19-21(17-18-33(22)29(35)38-30(3,4)5)32-39(36,37)27-16-15-26(24-13-9-10-14-25(24)27)31-28(34)23-12-8-7-11-20(23)2/h7-16,21-22,32H,6,17-19H2,1-5H3,(H,31,34). The fourth-order valence-electron chi connectivity index (χ4n) is 5.02. The number of benzene rings is 3. The van der Waals surface area contributed by atoms with Gasteiger partial charge in [0.1, 0.15) is 5.60 Å². The first-order valence-corrected chi connectivity index (χ1v) is 14.8. The van der Waals surface area contributed by atoms with Crippen LogP contribution in [0, 0.1) is 6.92 Å². The van der Waals surface area contributed by atoms with Gasteiger partial charge in [-0.25, -0.2) is 17.9 Å². The molecule has 9 heteroatoms. The van der Waals surface area contributed by atoms with Crippen LogP contribution in [0.1, 0.15) is 62.9 Å². The Balaban J connectivity index is 1.55. The molecule has 0 radical (unpaired) electrons. The van der Waals surface area contributed by atoms with Crippen molar-refractivity contribution in [1.29, 1.82) is 0 Å². The summed E-state index contributed by atoms with van der Waals surface area (Å²) in [6, 6.07) is 17.2. The quantitative estimate of drug-likeness (QED) is 0.399. The molecule has 1 fully saturated rings. The van der Waals surface area contributed by atoms with E-state index in [4.69, 9.17) is 4.74 Å². The van der Waals surface area contributed by atoms with E-state index >= 15 is 0 Å². The lowest BCUT2D eigenvalue weighted by molar-refractivity contribution is 0.00737. The summed E-state index contributed by atoms with van der Waals surface area (Å²) in [7, 11) is -3.89. The van der Waals surface area contributed by atoms with Gasteiger partial charge in [0.2, 0.25) is 10.0 Å². The number of aryl methyl sites for hydroxylation is 1. The molecule has 1 aliphatic heterocycles. The van der Waals surface area contributed by atoms with Gasteiger partial charge in [-0.1, -0.05) is 49.4 Å². The zero-order valence-electron chi connectivity index (χ0n) is 23.2. The molecule has 0 spiro atoms. The van der Waals surface area contributed by atoms with Crippen molar-refractivity contribution in [2.75, 3.05) is 11.9 Å². The number of amides is 2. The Hall–Kier alpha value is -3.43. The van der Waals surface area contributed by atoms with E-state index in [0.717, 1.165) is 5.56 Å². The molecule has 39 heavy (non-hydrogen) atoms. The largest absolute Gasteiger partial charge is 0.444 e. The molecule has 2 N–H and O–H groups in total. The summed E-state index contributed by atoms with van der Waals surface area (Å²) in [6.45, 7) is 9.75. The van der Waals surface area contributed by atoms with Gasteiger partial charge in [0.15, 0.2) is 0 Å². The zero-order chi connectivity index (χ0) is 28.4. The van der Waals surface area contributed by atoms with Crippen molar-refractivity contribution in [3.8, 4) is 0 Å². The number of likely N-dealkylation sites (tertiary alicyclic amines) is 1. The van der Waals surface area contributed by atoms with Crippen LogP contribution in [0.5, 0.6) is 0 Å². The van der Waals surface area contributed by atoms with Gasteiger partial charge >= 0.3 is 6.09 Å². The fourth-order valence-corrected chi connectivity index (χ4v) is 6.52. The molecular weight excluding hydrogens is 514 g/mol. The van der Waals surface area contributed by atoms with Gasteiger partial charge in [-0.2, -0.15) is 0 Å². The Morgan fingerprint density at radius 3 is 2.33 bits per heavy atom. The Labute approximate surface area is 230 Å². The normalized spacial score (nSPS) is 18.1. The number of piperidine rings is 1. The summed E-state index contributed by atoms with van der Waals surface area (Å²) in [5.74, 6) is -0.255. The molecule has 2 unspecified atom stereocenters. The maximum atomic E-state index is 13.6. The molecule has 1 aliphatic rings. The summed E-state index contributed by atoms with van der Waals surface area (Å²) < 4.78 is 35.6. The number of hydrogen-bond acceptors (Lipinski definition) is 5. The number of hydrogen-bond donors (Lipinski definition) is 2. The molecule has 4 rings (SSSR count). The lowest BCUT2D eigenvalue weighted by Gasteiger charge is -2.39. The lowest BCUT2D eigenvalue weighted by Crippen LogP contribution is -2.52. The van der Waals surface area contributed by atoms with Crippen molar-refractivity contribution in [2.24, 2.45) is 0 Å². The van der Waals surface area contributed by atoms with Crippen molar-refractivity contribution in [2.45, 2.75) is 76.5 Å². The van der Waals surface area contributed by atoms with Gasteiger partial charge in [0.25, 0.3) is 5.91 Å². The maximum absolute atomic E-state index is 13.6. The highest BCUT2D eigenvalue weighted by molar-refractivity contribution is 7.89. The molecule has 3 aromatic rings. The number of sulfonamides is 1. The smallest absolute Gasteiger partial charge is 0.410 e. The summed E-state index contributed by atoms with van der Waals surface area (Å²) in [5, 5.41) is 4.10. The number of nitrogens with one attached hydrogen (secondary N) is 2. The van der Waals surface area contributed by atoms with Crippen molar-refractivity contribution in [3.63, 3.8) is 0 Å². The average molecular weight is 552 g/mol. The highest BCUT2D eigenvalue weighted by Crippen LogP contribution is 2.31. The summed E-state index contributed by atoms with van der Waals surface area (Å²) in [5.41, 5.74) is 1.35. The monoisotopic (exact) mass is 551 g/mol. The summed E-state index contributed by atoms with van der Waals surface area (Å²) >= 11 is 0. The van der Waals surface area contributed by atoms with E-state index in [9.17, 15) is 18.0 Å². The molecule has 8 nitrogen and oxygen atoms in total. The number of ether oxygens (including phenoxy) is 1. The third kappa shape index (κ3) is 6.59. The Bertz CT molecular complexity index is 1480. The molecule has 2 amide bonds. The third-order valence-corrected chi connectivity index (χ3v) is 8.53. The predicted octanol–water partition coefficient (Wildman–Crippen LogP) is 5.86. The van der Waals surface area contributed by atoms with Crippen molar-refractivity contribution in [3.05, 3.63) is 71.8 Å². The minimum Gasteiger partial charge on any atom is -0.444 e. The molecule has 208 valence electrons. The van der Waals surface area contributed by atoms with E-state index in [1.165, 1.54) is 6.07 Å². The summed E-state index contributed by atoms with van der Waals surface area (Å²) in [4.78, 5) is 27.5. The van der Waals surface area contributed by atoms with Crippen molar-refractivity contribution in [1.82, 2.24) is 9.62 Å². The van der Waals surface area contributed by atoms with Gasteiger partial charge in [-0.3, -0.25) is 4.79 Å². The number of fused-ring (bicyclic) bond motifs is 1. The predicted molar refractivity (Wildman–Crippen MR) is 153 cm³/mol. The Morgan fingerprint density at radius 1 is 1.00 bits per heavy atom. The number of carbonyl (C=O) groups excluding carboxylic acids is 2. The van der Waals surface area contributed by atoms with Crippen LogP contribution in [0.2, 0.25) is 0 Å². The maximum Gasteiger partial charge on any atom is 0.410 e. The number of anilines is 1. The molecule has 1 saturated heterocycles. The molecular formula is C30H37N3O5S. The highest BCUT2D eigenvalue weighted by Gasteiger charge is 2.35. The van der Waals surface area contributed by atoms with Gasteiger partial charge in [-0.05, 0) is 70.7 Å². The van der Waals surface area contributed by atoms with Crippen molar-refractivity contribution >= 4 is 38.5 Å². The van der Waals surface area contributed by atoms with E-state index in [-0.39, 0.29) is 29.0 Å². The first-order chi connectivity index (χ1) is 18.4. The Morgan fingerprint density at radius 2 is 1.67 bits per heavy atom. The second-order valence-electron chi connectivity index (χ2n) is 11.0. The van der Waals surface area contributed by atoms with Gasteiger partial charge in [0.05, 0.1) is 4.90 Å². The van der Waals surface area contributed by atoms with Crippen LogP contribution in [-0.4, -0.2) is 49.5 Å². The minimum atomic E-state index is -3.89. The molecule has 0 aliphatic carbocycles. The number of rotatable bonds is 6. The molecule has 0 bridgehead atoms. The summed E-state index contributed by atoms with van der Waals surface area (Å²) in [6.07, 6.45) is 1.30. The zero-order valence-corrected chi connectivity index (χ0v) is 24.0. The molecule has 0 saturated carbocycles. The van der Waals surface area contributed by atoms with Crippen LogP contribution in [0.4, 0.5) is 10.5 Å². The van der Waals surface area contributed by atoms with Crippen LogP contribution in [0.15, 0.2) is 65.6 Å². The molecule has 0 aromatic heterocycles. The Kier molecular flexibility index (Phi) is 8.32. The first kappa shape index (κ1) is 28.6. The molecule has 1 heterocycles. The molecule has 2 atom stereocenters. The van der Waals surface area contributed by atoms with E-state index in [0.29, 0.717) is 47.8 Å². The molecule has 3 aromatic carbocycles. The van der Waals surface area contributed by atoms with E-state index in [2.05, 4.69) is 10.0 Å². The van der Waals surface area contributed by atoms with Crippen LogP contribution in [0.3, 0.4) is 0 Å². The van der Waals surface area contributed by atoms with E-state index in [1.54, 1.807) is 35.2 Å². The van der Waals surface area contributed by atoms with Crippen molar-refractivity contribution < 1.29 is 22.7 Å². The van der Waals surface area contributed by atoms with Gasteiger partial charge < -0.3 is 15.0 Å². The number of carbonyl (C=O) groups is 2. The fraction of sp³-hybridized carbons (Fsp3) is 0.400. The number of nitrogens with zero attached hydrogens (tertiary/aromatic N) is 1. The van der Waals surface area contributed by atoms with E-state index in [1.807, 2.05) is 58.9 Å².